The van der Waals surface area contributed by atoms with E-state index in [0.717, 1.165) is 59.2 Å². The molecule has 0 saturated heterocycles. The molecule has 294 valence electrons. The monoisotopic (exact) mass is 798 g/mol. The maximum atomic E-state index is 13.5. The van der Waals surface area contributed by atoms with Crippen molar-refractivity contribution in [1.82, 2.24) is 0 Å². The fourth-order valence-electron chi connectivity index (χ4n) is 7.19. The predicted molar refractivity (Wildman–Crippen MR) is 198 cm³/mol. The smallest absolute Gasteiger partial charge is 0.323 e. The number of esters is 6. The van der Waals surface area contributed by atoms with E-state index in [1.54, 1.807) is 0 Å². The minimum Gasteiger partial charge on any atom is -0.468 e. The van der Waals surface area contributed by atoms with Gasteiger partial charge in [0.05, 0.1) is 42.7 Å². The first-order chi connectivity index (χ1) is 24.8. The number of carbonyl (C=O) groups is 6. The number of methoxy groups -OCH3 is 6. The first kappa shape index (κ1) is 46.5. The Balaban J connectivity index is 3.13. The molecule has 1 aliphatic rings. The Labute approximate surface area is 317 Å². The lowest BCUT2D eigenvalue weighted by atomic mass is 9.67. The van der Waals surface area contributed by atoms with Crippen molar-refractivity contribution < 1.29 is 57.2 Å². The quantitative estimate of drug-likeness (QED) is 0.0297. The molecule has 13 heteroatoms. The summed E-state index contributed by atoms with van der Waals surface area (Å²) in [5, 5.41) is 0. The molecule has 0 amide bonds. The average Bonchev–Trinajstić information content (AvgIpc) is 3.16. The Bertz CT molecular complexity index is 1250. The van der Waals surface area contributed by atoms with Gasteiger partial charge in [-0.05, 0) is 50.5 Å². The van der Waals surface area contributed by atoms with Crippen molar-refractivity contribution in [3.63, 3.8) is 0 Å². The van der Waals surface area contributed by atoms with Crippen LogP contribution in [-0.2, 0) is 57.2 Å². The Morgan fingerprint density at radius 3 is 1.35 bits per heavy atom. The van der Waals surface area contributed by atoms with Crippen molar-refractivity contribution >= 4 is 51.7 Å². The molecule has 0 atom stereocenters. The Morgan fingerprint density at radius 1 is 0.596 bits per heavy atom. The molecule has 52 heavy (non-hydrogen) atoms. The van der Waals surface area contributed by atoms with E-state index in [9.17, 15) is 28.8 Å². The standard InChI is InChI=1S/C39H59BrO12/c1-9-10-11-12-13-14-15-16-19-22-37(31(41)47-3,32(42)48-4)23-20-17-18-21-24-38(33(43)49-5,34(44)50-6)26-29-27-39(35(45)51-7,36(46)52-8)25-28(2)30(29)40/h9H,1-2,10-27H2,3-8H3. The van der Waals surface area contributed by atoms with Gasteiger partial charge in [-0.3, -0.25) is 28.8 Å². The molecular formula is C39H59BrO12. The molecule has 0 spiro atoms. The Hall–Kier alpha value is -3.48. The van der Waals surface area contributed by atoms with Crippen LogP contribution < -0.4 is 0 Å². The van der Waals surface area contributed by atoms with Gasteiger partial charge in [0, 0.05) is 10.9 Å². The second-order valence-corrected chi connectivity index (χ2v) is 14.3. The van der Waals surface area contributed by atoms with Gasteiger partial charge in [0.1, 0.15) is 0 Å². The zero-order valence-corrected chi connectivity index (χ0v) is 33.6. The second-order valence-electron chi connectivity index (χ2n) is 13.5. The van der Waals surface area contributed by atoms with Crippen LogP contribution >= 0.6 is 15.9 Å². The van der Waals surface area contributed by atoms with Crippen molar-refractivity contribution in [3.05, 3.63) is 34.9 Å². The number of hydrogen-bond acceptors (Lipinski definition) is 12. The molecule has 0 radical (unpaired) electrons. The van der Waals surface area contributed by atoms with Crippen LogP contribution in [0.4, 0.5) is 0 Å². The number of rotatable bonds is 25. The van der Waals surface area contributed by atoms with Crippen molar-refractivity contribution in [1.29, 1.82) is 0 Å². The van der Waals surface area contributed by atoms with Crippen LogP contribution in [0.5, 0.6) is 0 Å². The van der Waals surface area contributed by atoms with Crippen LogP contribution in [0.25, 0.3) is 0 Å². The summed E-state index contributed by atoms with van der Waals surface area (Å²) in [7, 11) is 7.17. The van der Waals surface area contributed by atoms with E-state index in [1.807, 2.05) is 6.08 Å². The third-order valence-electron chi connectivity index (χ3n) is 10.1. The highest BCUT2D eigenvalue weighted by Crippen LogP contribution is 2.50. The zero-order chi connectivity index (χ0) is 39.4. The van der Waals surface area contributed by atoms with Gasteiger partial charge in [0.2, 0.25) is 0 Å². The molecule has 0 N–H and O–H groups in total. The van der Waals surface area contributed by atoms with Crippen LogP contribution in [0, 0.1) is 16.2 Å². The summed E-state index contributed by atoms with van der Waals surface area (Å²) in [6.45, 7) is 7.76. The fourth-order valence-corrected chi connectivity index (χ4v) is 7.61. The van der Waals surface area contributed by atoms with Gasteiger partial charge in [-0.15, -0.1) is 6.58 Å². The highest BCUT2D eigenvalue weighted by Gasteiger charge is 2.55. The van der Waals surface area contributed by atoms with Crippen LogP contribution in [0.1, 0.15) is 116 Å². The van der Waals surface area contributed by atoms with Crippen molar-refractivity contribution in [3.8, 4) is 0 Å². The first-order valence-electron chi connectivity index (χ1n) is 17.9. The largest absolute Gasteiger partial charge is 0.468 e. The van der Waals surface area contributed by atoms with Gasteiger partial charge in [-0.1, -0.05) is 98.4 Å². The lowest BCUT2D eigenvalue weighted by Crippen LogP contribution is -2.46. The molecule has 0 saturated carbocycles. The van der Waals surface area contributed by atoms with E-state index in [0.29, 0.717) is 54.2 Å². The molecule has 0 unspecified atom stereocenters. The summed E-state index contributed by atoms with van der Waals surface area (Å²) in [6, 6.07) is 0. The Kier molecular flexibility index (Phi) is 20.8. The summed E-state index contributed by atoms with van der Waals surface area (Å²) < 4.78 is 30.9. The number of unbranched alkanes of at least 4 members (excludes halogenated alkanes) is 10. The third kappa shape index (κ3) is 11.8. The van der Waals surface area contributed by atoms with E-state index in [-0.39, 0.29) is 32.1 Å². The maximum Gasteiger partial charge on any atom is 0.323 e. The molecule has 0 fully saturated rings. The van der Waals surface area contributed by atoms with Gasteiger partial charge >= 0.3 is 35.8 Å². The molecule has 0 aliphatic heterocycles. The Morgan fingerprint density at radius 2 is 0.962 bits per heavy atom. The number of allylic oxidation sites excluding steroid dienone is 4. The summed E-state index contributed by atoms with van der Waals surface area (Å²) >= 11 is 3.50. The van der Waals surface area contributed by atoms with Gasteiger partial charge in [-0.2, -0.15) is 0 Å². The lowest BCUT2D eigenvalue weighted by Gasteiger charge is -2.37. The zero-order valence-electron chi connectivity index (χ0n) is 32.0. The molecule has 12 nitrogen and oxygen atoms in total. The highest BCUT2D eigenvalue weighted by atomic mass is 79.9. The van der Waals surface area contributed by atoms with Crippen molar-refractivity contribution in [2.24, 2.45) is 16.2 Å². The highest BCUT2D eigenvalue weighted by molar-refractivity contribution is 9.12. The maximum absolute atomic E-state index is 13.5. The number of ether oxygens (including phenoxy) is 6. The molecule has 1 rings (SSSR count). The third-order valence-corrected chi connectivity index (χ3v) is 11.2. The molecule has 0 heterocycles. The van der Waals surface area contributed by atoms with Crippen molar-refractivity contribution in [2.75, 3.05) is 42.7 Å². The van der Waals surface area contributed by atoms with Gasteiger partial charge < -0.3 is 28.4 Å². The predicted octanol–water partition coefficient (Wildman–Crippen LogP) is 7.41. The number of halogens is 1. The minimum absolute atomic E-state index is 0.0127. The molecule has 0 bridgehead atoms. The molecular weight excluding hydrogens is 740 g/mol. The van der Waals surface area contributed by atoms with E-state index in [1.165, 1.54) is 28.4 Å². The minimum atomic E-state index is -1.82. The van der Waals surface area contributed by atoms with E-state index in [2.05, 4.69) is 29.1 Å². The molecule has 1 aliphatic carbocycles. The van der Waals surface area contributed by atoms with Gasteiger partial charge in [-0.25, -0.2) is 0 Å². The number of hydrogen-bond donors (Lipinski definition) is 0. The van der Waals surface area contributed by atoms with E-state index < -0.39 is 52.1 Å². The lowest BCUT2D eigenvalue weighted by molar-refractivity contribution is -0.172. The summed E-state index contributed by atoms with van der Waals surface area (Å²) in [5.74, 6) is -4.58. The van der Waals surface area contributed by atoms with Gasteiger partial charge in [0.25, 0.3) is 0 Å². The van der Waals surface area contributed by atoms with Crippen LogP contribution in [0.2, 0.25) is 0 Å². The van der Waals surface area contributed by atoms with Crippen LogP contribution in [0.3, 0.4) is 0 Å². The van der Waals surface area contributed by atoms with Crippen LogP contribution in [0.15, 0.2) is 34.9 Å². The van der Waals surface area contributed by atoms with Crippen LogP contribution in [-0.4, -0.2) is 78.5 Å². The summed E-state index contributed by atoms with van der Waals surface area (Å²) in [6.07, 6.45) is 12.0. The molecule has 0 aromatic heterocycles. The SMILES string of the molecule is C=CCCCCCCCCCC(CCCCCCC(CC1=C(Br)C(=C)CC(C(=O)OC)(C(=O)OC)C1)(C(=O)OC)C(=O)OC)(C(=O)OC)C(=O)OC. The van der Waals surface area contributed by atoms with Gasteiger partial charge in [0.15, 0.2) is 16.2 Å². The van der Waals surface area contributed by atoms with E-state index in [4.69, 9.17) is 28.4 Å². The fraction of sp³-hybridized carbons (Fsp3) is 0.692. The normalized spacial score (nSPS) is 14.2. The molecule has 0 aromatic carbocycles. The van der Waals surface area contributed by atoms with Crippen molar-refractivity contribution in [2.45, 2.75) is 116 Å². The second kappa shape index (κ2) is 23.2. The van der Waals surface area contributed by atoms with E-state index >= 15 is 0 Å². The average molecular weight is 800 g/mol. The summed E-state index contributed by atoms with van der Waals surface area (Å²) in [4.78, 5) is 79.0. The summed E-state index contributed by atoms with van der Waals surface area (Å²) in [5.41, 5.74) is -4.22. The number of carbonyl (C=O) groups excluding carboxylic acids is 6. The topological polar surface area (TPSA) is 158 Å². The first-order valence-corrected chi connectivity index (χ1v) is 18.7. The molecule has 0 aromatic rings.